The summed E-state index contributed by atoms with van der Waals surface area (Å²) in [6.45, 7) is 0. The molecule has 0 aliphatic rings. The van der Waals surface area contributed by atoms with Gasteiger partial charge in [-0.2, -0.15) is 0 Å². The van der Waals surface area contributed by atoms with Crippen LogP contribution in [0, 0.1) is 0 Å². The molecule has 9 heteroatoms. The second kappa shape index (κ2) is 8.31. The highest BCUT2D eigenvalue weighted by atomic mass is 35.5. The third-order valence-corrected chi connectivity index (χ3v) is 4.77. The van der Waals surface area contributed by atoms with Gasteiger partial charge in [0.15, 0.2) is 5.69 Å². The lowest BCUT2D eigenvalue weighted by Gasteiger charge is -2.17. The first-order chi connectivity index (χ1) is 12.8. The zero-order valence-corrected chi connectivity index (χ0v) is 16.8. The van der Waals surface area contributed by atoms with Crippen LogP contribution >= 0.6 is 46.4 Å². The monoisotopic (exact) mass is 441 g/mol. The van der Waals surface area contributed by atoms with Gasteiger partial charge in [0, 0.05) is 28.8 Å². The van der Waals surface area contributed by atoms with Gasteiger partial charge in [-0.05, 0) is 36.4 Å². The molecule has 3 aromatic rings. The highest BCUT2D eigenvalue weighted by Gasteiger charge is 2.17. The smallest absolute Gasteiger partial charge is 0.278 e. The van der Waals surface area contributed by atoms with E-state index in [-0.39, 0.29) is 22.5 Å². The largest absolute Gasteiger partial charge is 0.436 e. The molecule has 0 atom stereocenters. The molecule has 1 aromatic heterocycles. The minimum atomic E-state index is -0.381. The Morgan fingerprint density at radius 3 is 2.30 bits per heavy atom. The van der Waals surface area contributed by atoms with Crippen LogP contribution in [0.4, 0.5) is 5.69 Å². The first kappa shape index (κ1) is 19.7. The number of benzene rings is 2. The Bertz CT molecular complexity index is 976. The van der Waals surface area contributed by atoms with Crippen LogP contribution in [0.1, 0.15) is 10.5 Å². The molecule has 0 N–H and O–H groups in total. The molecule has 0 bridgehead atoms. The zero-order valence-electron chi connectivity index (χ0n) is 13.8. The van der Waals surface area contributed by atoms with E-state index in [0.717, 1.165) is 0 Å². The van der Waals surface area contributed by atoms with Crippen LogP contribution in [0.5, 0.6) is 11.6 Å². The minimum absolute atomic E-state index is 0.123. The molecule has 0 spiro atoms. The van der Waals surface area contributed by atoms with E-state index in [1.54, 1.807) is 43.4 Å². The van der Waals surface area contributed by atoms with Crippen molar-refractivity contribution in [3.8, 4) is 11.6 Å². The standard InChI is InChI=1S/C18H11Cl4N3O2/c1-25(12-8-10(19)7-11(20)9-12)18(26)14-5-6-16(24-23-14)27-15-4-2-3-13(21)17(15)22/h2-9H,1H3. The van der Waals surface area contributed by atoms with Crippen LogP contribution in [0.2, 0.25) is 20.1 Å². The molecular formula is C18H11Cl4N3O2. The Hall–Kier alpha value is -2.05. The molecule has 2 aromatic carbocycles. The number of hydrogen-bond acceptors (Lipinski definition) is 4. The van der Waals surface area contributed by atoms with E-state index in [2.05, 4.69) is 10.2 Å². The highest BCUT2D eigenvalue weighted by Crippen LogP contribution is 2.34. The van der Waals surface area contributed by atoms with Crippen molar-refractivity contribution < 1.29 is 9.53 Å². The molecular weight excluding hydrogens is 432 g/mol. The topological polar surface area (TPSA) is 55.3 Å². The fourth-order valence-corrected chi connectivity index (χ4v) is 3.03. The average Bonchev–Trinajstić information content (AvgIpc) is 2.64. The lowest BCUT2D eigenvalue weighted by molar-refractivity contribution is 0.0987. The summed E-state index contributed by atoms with van der Waals surface area (Å²) >= 11 is 24.0. The predicted octanol–water partition coefficient (Wildman–Crippen LogP) is 6.16. The van der Waals surface area contributed by atoms with Gasteiger partial charge in [0.1, 0.15) is 10.8 Å². The number of halogens is 4. The van der Waals surface area contributed by atoms with E-state index in [1.807, 2.05) is 0 Å². The van der Waals surface area contributed by atoms with E-state index in [9.17, 15) is 4.79 Å². The Balaban J connectivity index is 1.78. The van der Waals surface area contributed by atoms with Gasteiger partial charge in [-0.1, -0.05) is 52.5 Å². The summed E-state index contributed by atoms with van der Waals surface area (Å²) in [6, 6.07) is 12.8. The normalized spacial score (nSPS) is 10.6. The average molecular weight is 443 g/mol. The molecule has 3 rings (SSSR count). The van der Waals surface area contributed by atoms with Crippen LogP contribution in [-0.4, -0.2) is 23.2 Å². The maximum absolute atomic E-state index is 12.6. The van der Waals surface area contributed by atoms with Gasteiger partial charge in [0.25, 0.3) is 5.91 Å². The van der Waals surface area contributed by atoms with E-state index >= 15 is 0 Å². The van der Waals surface area contributed by atoms with Crippen molar-refractivity contribution in [3.63, 3.8) is 0 Å². The number of carbonyl (C=O) groups is 1. The van der Waals surface area contributed by atoms with Crippen LogP contribution in [0.25, 0.3) is 0 Å². The molecule has 0 unspecified atom stereocenters. The Labute approximate surface area is 175 Å². The number of rotatable bonds is 4. The predicted molar refractivity (Wildman–Crippen MR) is 108 cm³/mol. The summed E-state index contributed by atoms with van der Waals surface area (Å²) in [5.41, 5.74) is 0.656. The maximum atomic E-state index is 12.6. The lowest BCUT2D eigenvalue weighted by atomic mass is 10.2. The Morgan fingerprint density at radius 2 is 1.67 bits per heavy atom. The molecule has 1 amide bonds. The van der Waals surface area contributed by atoms with Crippen molar-refractivity contribution in [2.45, 2.75) is 0 Å². The summed E-state index contributed by atoms with van der Waals surface area (Å²) in [5.74, 6) is 0.126. The third kappa shape index (κ3) is 4.62. The molecule has 0 saturated heterocycles. The zero-order chi connectivity index (χ0) is 19.6. The number of ether oxygens (including phenoxy) is 1. The van der Waals surface area contributed by atoms with Crippen LogP contribution in [0.3, 0.4) is 0 Å². The quantitative estimate of drug-likeness (QED) is 0.485. The molecule has 0 fully saturated rings. The number of hydrogen-bond donors (Lipinski definition) is 0. The van der Waals surface area contributed by atoms with E-state index in [4.69, 9.17) is 51.1 Å². The fraction of sp³-hybridized carbons (Fsp3) is 0.0556. The number of amides is 1. The van der Waals surface area contributed by atoms with Gasteiger partial charge in [-0.25, -0.2) is 0 Å². The Kier molecular flexibility index (Phi) is 6.07. The second-order valence-electron chi connectivity index (χ2n) is 5.40. The van der Waals surface area contributed by atoms with Gasteiger partial charge < -0.3 is 9.64 Å². The Morgan fingerprint density at radius 1 is 0.963 bits per heavy atom. The van der Waals surface area contributed by atoms with Crippen molar-refractivity contribution in [3.05, 3.63) is 74.3 Å². The molecule has 138 valence electrons. The minimum Gasteiger partial charge on any atom is -0.436 e. The van der Waals surface area contributed by atoms with Crippen molar-refractivity contribution >= 4 is 58.0 Å². The molecule has 27 heavy (non-hydrogen) atoms. The van der Waals surface area contributed by atoms with Gasteiger partial charge in [0.2, 0.25) is 5.88 Å². The van der Waals surface area contributed by atoms with Crippen molar-refractivity contribution in [2.75, 3.05) is 11.9 Å². The summed E-state index contributed by atoms with van der Waals surface area (Å²) < 4.78 is 5.55. The van der Waals surface area contributed by atoms with Crippen LogP contribution in [0.15, 0.2) is 48.5 Å². The first-order valence-corrected chi connectivity index (χ1v) is 9.06. The maximum Gasteiger partial charge on any atom is 0.278 e. The van der Waals surface area contributed by atoms with Gasteiger partial charge in [-0.3, -0.25) is 4.79 Å². The lowest BCUT2D eigenvalue weighted by Crippen LogP contribution is -2.27. The molecule has 5 nitrogen and oxygen atoms in total. The van der Waals surface area contributed by atoms with Gasteiger partial charge in [-0.15, -0.1) is 10.2 Å². The molecule has 0 saturated carbocycles. The van der Waals surface area contributed by atoms with Crippen LogP contribution in [-0.2, 0) is 0 Å². The second-order valence-corrected chi connectivity index (χ2v) is 7.06. The molecule has 0 radical (unpaired) electrons. The summed E-state index contributed by atoms with van der Waals surface area (Å²) in [4.78, 5) is 14.0. The summed E-state index contributed by atoms with van der Waals surface area (Å²) in [5, 5.41) is 9.28. The molecule has 0 aliphatic carbocycles. The number of aromatic nitrogens is 2. The van der Waals surface area contributed by atoms with E-state index in [1.165, 1.54) is 17.0 Å². The van der Waals surface area contributed by atoms with Crippen molar-refractivity contribution in [2.24, 2.45) is 0 Å². The van der Waals surface area contributed by atoms with Crippen molar-refractivity contribution in [1.29, 1.82) is 0 Å². The first-order valence-electron chi connectivity index (χ1n) is 7.55. The number of carbonyl (C=O) groups excluding carboxylic acids is 1. The SMILES string of the molecule is CN(C(=O)c1ccc(Oc2cccc(Cl)c2Cl)nn1)c1cc(Cl)cc(Cl)c1. The summed E-state index contributed by atoms with van der Waals surface area (Å²) in [7, 11) is 1.59. The van der Waals surface area contributed by atoms with Crippen molar-refractivity contribution in [1.82, 2.24) is 10.2 Å². The molecule has 0 aliphatic heterocycles. The molecule has 1 heterocycles. The van der Waals surface area contributed by atoms with E-state index in [0.29, 0.717) is 26.5 Å². The third-order valence-electron chi connectivity index (χ3n) is 3.53. The van der Waals surface area contributed by atoms with Gasteiger partial charge >= 0.3 is 0 Å². The fourth-order valence-electron chi connectivity index (χ4n) is 2.19. The van der Waals surface area contributed by atoms with E-state index < -0.39 is 0 Å². The van der Waals surface area contributed by atoms with Crippen LogP contribution < -0.4 is 9.64 Å². The highest BCUT2D eigenvalue weighted by molar-refractivity contribution is 6.42. The van der Waals surface area contributed by atoms with Gasteiger partial charge in [0.05, 0.1) is 5.02 Å². The number of nitrogens with zero attached hydrogens (tertiary/aromatic N) is 3. The number of anilines is 1. The summed E-state index contributed by atoms with van der Waals surface area (Å²) in [6.07, 6.45) is 0.